The predicted molar refractivity (Wildman–Crippen MR) is 113 cm³/mol. The molecule has 0 radical (unpaired) electrons. The van der Waals surface area contributed by atoms with E-state index in [0.29, 0.717) is 12.5 Å². The molecule has 4 rings (SSSR count). The van der Waals surface area contributed by atoms with Crippen molar-refractivity contribution in [3.05, 3.63) is 64.6 Å². The van der Waals surface area contributed by atoms with E-state index in [0.717, 1.165) is 22.2 Å². The molecule has 0 saturated carbocycles. The smallest absolute Gasteiger partial charge is 0.171 e. The normalized spacial score (nSPS) is 12.1. The molecule has 0 aliphatic carbocycles. The van der Waals surface area contributed by atoms with E-state index in [1.54, 1.807) is 11.3 Å². The van der Waals surface area contributed by atoms with Gasteiger partial charge in [0.2, 0.25) is 0 Å². The standard InChI is InChI=1S/C21H21N2OPS/c1-14(2)21-22-11-15(26-21)13-25-20(24)12-23-18-9-5-3-7-16(18)17-8-4-6-10-19(17)23/h3-11,14,25H,12-13H2,1-2H3. The molecule has 1 atom stereocenters. The summed E-state index contributed by atoms with van der Waals surface area (Å²) in [6.45, 7) is 4.74. The molecule has 0 bridgehead atoms. The van der Waals surface area contributed by atoms with Crippen LogP contribution in [0.1, 0.15) is 29.7 Å². The van der Waals surface area contributed by atoms with Crippen molar-refractivity contribution in [2.24, 2.45) is 0 Å². The Labute approximate surface area is 158 Å². The van der Waals surface area contributed by atoms with Gasteiger partial charge in [-0.25, -0.2) is 4.98 Å². The van der Waals surface area contributed by atoms with Gasteiger partial charge in [-0.05, 0) is 20.7 Å². The number of hydrogen-bond acceptors (Lipinski definition) is 3. The highest BCUT2D eigenvalue weighted by Gasteiger charge is 2.13. The maximum Gasteiger partial charge on any atom is 0.171 e. The molecule has 3 nitrogen and oxygen atoms in total. The van der Waals surface area contributed by atoms with E-state index in [9.17, 15) is 4.79 Å². The average Bonchev–Trinajstić information content (AvgIpc) is 3.25. The Kier molecular flexibility index (Phi) is 4.88. The number of thiazole rings is 1. The zero-order valence-corrected chi connectivity index (χ0v) is 16.7. The van der Waals surface area contributed by atoms with E-state index in [1.165, 1.54) is 15.6 Å². The average molecular weight is 380 g/mol. The van der Waals surface area contributed by atoms with Gasteiger partial charge >= 0.3 is 0 Å². The molecule has 2 aromatic carbocycles. The largest absolute Gasteiger partial charge is 0.333 e. The SMILES string of the molecule is CC(C)c1ncc(CPC(=O)Cn2c3ccccc3c3ccccc32)s1. The van der Waals surface area contributed by atoms with Crippen LogP contribution in [0, 0.1) is 0 Å². The molecule has 0 aliphatic rings. The second kappa shape index (κ2) is 7.30. The van der Waals surface area contributed by atoms with E-state index in [-0.39, 0.29) is 14.1 Å². The molecule has 2 aromatic heterocycles. The Bertz CT molecular complexity index is 1030. The Balaban J connectivity index is 1.55. The van der Waals surface area contributed by atoms with E-state index in [2.05, 4.69) is 59.8 Å². The molecule has 0 N–H and O–H groups in total. The Morgan fingerprint density at radius 1 is 1.08 bits per heavy atom. The van der Waals surface area contributed by atoms with Crippen molar-refractivity contribution < 1.29 is 4.79 Å². The third kappa shape index (κ3) is 3.32. The van der Waals surface area contributed by atoms with Crippen molar-refractivity contribution in [3.63, 3.8) is 0 Å². The second-order valence-corrected chi connectivity index (χ2v) is 9.13. The molecule has 0 aliphatic heterocycles. The van der Waals surface area contributed by atoms with Crippen LogP contribution in [0.5, 0.6) is 0 Å². The number of rotatable bonds is 6. The second-order valence-electron chi connectivity index (χ2n) is 6.72. The third-order valence-electron chi connectivity index (χ3n) is 4.51. The van der Waals surface area contributed by atoms with Gasteiger partial charge in [0.15, 0.2) is 5.52 Å². The molecular weight excluding hydrogens is 359 g/mol. The minimum atomic E-state index is 0.281. The number of carbonyl (C=O) groups excluding carboxylic acids is 1. The summed E-state index contributed by atoms with van der Waals surface area (Å²) in [5, 5.41) is 3.58. The van der Waals surface area contributed by atoms with Crippen LogP contribution in [0.25, 0.3) is 21.8 Å². The topological polar surface area (TPSA) is 34.9 Å². The van der Waals surface area contributed by atoms with Crippen molar-refractivity contribution in [3.8, 4) is 0 Å². The van der Waals surface area contributed by atoms with E-state index >= 15 is 0 Å². The lowest BCUT2D eigenvalue weighted by Crippen LogP contribution is -2.05. The number of benzene rings is 2. The quantitative estimate of drug-likeness (QED) is 0.398. The first-order chi connectivity index (χ1) is 12.6. The lowest BCUT2D eigenvalue weighted by Gasteiger charge is -2.06. The monoisotopic (exact) mass is 380 g/mol. The summed E-state index contributed by atoms with van der Waals surface area (Å²) >= 11 is 1.73. The molecule has 1 unspecified atom stereocenters. The summed E-state index contributed by atoms with van der Waals surface area (Å²) in [5.41, 5.74) is 2.55. The van der Waals surface area contributed by atoms with E-state index in [1.807, 2.05) is 18.3 Å². The van der Waals surface area contributed by atoms with Gasteiger partial charge in [0.05, 0.1) is 11.6 Å². The fraction of sp³-hybridized carbons (Fsp3) is 0.238. The molecule has 0 fully saturated rings. The fourth-order valence-electron chi connectivity index (χ4n) is 3.23. The van der Waals surface area contributed by atoms with Gasteiger partial charge in [-0.2, -0.15) is 0 Å². The number of fused-ring (bicyclic) bond motifs is 3. The predicted octanol–water partition coefficient (Wildman–Crippen LogP) is 5.78. The van der Waals surface area contributed by atoms with Crippen LogP contribution in [0.15, 0.2) is 54.7 Å². The van der Waals surface area contributed by atoms with Gasteiger partial charge in [-0.3, -0.25) is 4.79 Å². The number of carbonyl (C=O) groups is 1. The van der Waals surface area contributed by atoms with Gasteiger partial charge in [0, 0.05) is 45.0 Å². The van der Waals surface area contributed by atoms with Gasteiger partial charge in [-0.15, -0.1) is 11.3 Å². The molecule has 26 heavy (non-hydrogen) atoms. The summed E-state index contributed by atoms with van der Waals surface area (Å²) in [5.74, 6) is 0.449. The first-order valence-electron chi connectivity index (χ1n) is 8.81. The summed E-state index contributed by atoms with van der Waals surface area (Å²) in [7, 11) is 0.281. The van der Waals surface area contributed by atoms with E-state index < -0.39 is 0 Å². The van der Waals surface area contributed by atoms with Crippen LogP contribution in [-0.4, -0.2) is 15.1 Å². The van der Waals surface area contributed by atoms with Gasteiger partial charge in [-0.1, -0.05) is 50.2 Å². The minimum Gasteiger partial charge on any atom is -0.333 e. The number of para-hydroxylation sites is 2. The van der Waals surface area contributed by atoms with Gasteiger partial charge in [0.25, 0.3) is 0 Å². The van der Waals surface area contributed by atoms with Crippen LogP contribution < -0.4 is 0 Å². The summed E-state index contributed by atoms with van der Waals surface area (Å²) in [6, 6.07) is 16.6. The highest BCUT2D eigenvalue weighted by Crippen LogP contribution is 2.31. The van der Waals surface area contributed by atoms with Crippen LogP contribution in [0.3, 0.4) is 0 Å². The lowest BCUT2D eigenvalue weighted by atomic mass is 10.2. The molecule has 5 heteroatoms. The number of aromatic nitrogens is 2. The highest BCUT2D eigenvalue weighted by molar-refractivity contribution is 7.57. The van der Waals surface area contributed by atoms with Crippen LogP contribution in [0.2, 0.25) is 0 Å². The van der Waals surface area contributed by atoms with Crippen LogP contribution in [-0.2, 0) is 17.5 Å². The molecule has 2 heterocycles. The van der Waals surface area contributed by atoms with Gasteiger partial charge in [0.1, 0.15) is 0 Å². The Hall–Kier alpha value is -2.03. The number of hydrogen-bond donors (Lipinski definition) is 0. The van der Waals surface area contributed by atoms with Crippen molar-refractivity contribution >= 4 is 47.2 Å². The highest BCUT2D eigenvalue weighted by atomic mass is 32.1. The molecule has 132 valence electrons. The molecule has 0 spiro atoms. The lowest BCUT2D eigenvalue weighted by molar-refractivity contribution is -0.111. The molecule has 0 amide bonds. The maximum atomic E-state index is 12.7. The van der Waals surface area contributed by atoms with Crippen LogP contribution in [0.4, 0.5) is 0 Å². The first-order valence-corrected chi connectivity index (χ1v) is 10.8. The minimum absolute atomic E-state index is 0.281. The van der Waals surface area contributed by atoms with Gasteiger partial charge < -0.3 is 4.57 Å². The number of nitrogens with zero attached hydrogens (tertiary/aromatic N) is 2. The summed E-state index contributed by atoms with van der Waals surface area (Å²) < 4.78 is 2.16. The third-order valence-corrected chi connectivity index (χ3v) is 7.17. The molecule has 0 saturated heterocycles. The zero-order chi connectivity index (χ0) is 18.1. The van der Waals surface area contributed by atoms with Crippen molar-refractivity contribution in [1.82, 2.24) is 9.55 Å². The Morgan fingerprint density at radius 2 is 1.69 bits per heavy atom. The van der Waals surface area contributed by atoms with Crippen molar-refractivity contribution in [2.75, 3.05) is 0 Å². The van der Waals surface area contributed by atoms with Crippen LogP contribution >= 0.6 is 19.9 Å². The first kappa shape index (κ1) is 17.4. The van der Waals surface area contributed by atoms with E-state index in [4.69, 9.17) is 0 Å². The molecule has 4 aromatic rings. The summed E-state index contributed by atoms with van der Waals surface area (Å²) in [4.78, 5) is 18.4. The van der Waals surface area contributed by atoms with Crippen molar-refractivity contribution in [1.29, 1.82) is 0 Å². The maximum absolute atomic E-state index is 12.7. The fourth-order valence-corrected chi connectivity index (χ4v) is 5.18. The Morgan fingerprint density at radius 3 is 2.27 bits per heavy atom. The van der Waals surface area contributed by atoms with Crippen molar-refractivity contribution in [2.45, 2.75) is 32.5 Å². The molecular formula is C21H21N2OPS. The summed E-state index contributed by atoms with van der Waals surface area (Å²) in [6.07, 6.45) is 2.74. The zero-order valence-electron chi connectivity index (χ0n) is 14.9.